The molecule has 35 heavy (non-hydrogen) atoms. The molecule has 0 radical (unpaired) electrons. The van der Waals surface area contributed by atoms with Crippen molar-refractivity contribution in [2.45, 2.75) is 71.3 Å². The first-order chi connectivity index (χ1) is 16.0. The fraction of sp³-hybridized carbons (Fsp3) is 0.667. The van der Waals surface area contributed by atoms with Crippen molar-refractivity contribution in [2.75, 3.05) is 19.6 Å². The molecule has 0 unspecified atom stereocenters. The van der Waals surface area contributed by atoms with Crippen LogP contribution in [0.5, 0.6) is 0 Å². The van der Waals surface area contributed by atoms with Crippen LogP contribution in [0.4, 0.5) is 26.3 Å². The molecule has 1 aromatic rings. The maximum Gasteiger partial charge on any atom is 0.416 e. The maximum absolute atomic E-state index is 13.0. The number of hydrogen-bond acceptors (Lipinski definition) is 3. The minimum atomic E-state index is -5.00. The quantitative estimate of drug-likeness (QED) is 0.335. The highest BCUT2D eigenvalue weighted by Gasteiger charge is 2.37. The smallest absolute Gasteiger partial charge is 0.355 e. The fourth-order valence-electron chi connectivity index (χ4n) is 4.02. The highest BCUT2D eigenvalue weighted by molar-refractivity contribution is 5.94. The summed E-state index contributed by atoms with van der Waals surface area (Å²) in [6.45, 7) is 7.29. The number of benzene rings is 1. The summed E-state index contributed by atoms with van der Waals surface area (Å²) in [7, 11) is 0. The van der Waals surface area contributed by atoms with Crippen LogP contribution in [-0.4, -0.2) is 37.5 Å². The number of carbonyl (C=O) groups excluding carboxylic acids is 2. The van der Waals surface area contributed by atoms with E-state index in [1.54, 1.807) is 0 Å². The third-order valence-electron chi connectivity index (χ3n) is 5.82. The molecule has 1 aliphatic rings. The molecule has 0 aliphatic heterocycles. The molecule has 198 valence electrons. The van der Waals surface area contributed by atoms with Crippen LogP contribution in [-0.2, 0) is 17.1 Å². The molecule has 0 spiro atoms. The maximum atomic E-state index is 13.0. The summed E-state index contributed by atoms with van der Waals surface area (Å²) in [6.07, 6.45) is -6.41. The molecule has 1 aromatic carbocycles. The molecule has 1 fully saturated rings. The van der Waals surface area contributed by atoms with E-state index in [2.05, 4.69) is 16.0 Å². The van der Waals surface area contributed by atoms with E-state index in [9.17, 15) is 35.9 Å². The summed E-state index contributed by atoms with van der Waals surface area (Å²) >= 11 is 0. The second-order valence-electron chi connectivity index (χ2n) is 10.3. The van der Waals surface area contributed by atoms with Gasteiger partial charge < -0.3 is 16.0 Å². The number of nitrogens with one attached hydrogen (secondary N) is 3. The summed E-state index contributed by atoms with van der Waals surface area (Å²) in [6, 6.07) is 1.12. The lowest BCUT2D eigenvalue weighted by molar-refractivity contribution is -0.143. The Hall–Kier alpha value is -2.30. The van der Waals surface area contributed by atoms with Gasteiger partial charge in [0.15, 0.2) is 0 Å². The third kappa shape index (κ3) is 10.1. The van der Waals surface area contributed by atoms with Gasteiger partial charge in [0, 0.05) is 37.7 Å². The van der Waals surface area contributed by atoms with Crippen LogP contribution >= 0.6 is 0 Å². The predicted molar refractivity (Wildman–Crippen MR) is 120 cm³/mol. The number of carbonyl (C=O) groups is 2. The van der Waals surface area contributed by atoms with Gasteiger partial charge in [0.05, 0.1) is 11.1 Å². The van der Waals surface area contributed by atoms with E-state index >= 15 is 0 Å². The normalized spacial score (nSPS) is 19.3. The van der Waals surface area contributed by atoms with Crippen LogP contribution in [0, 0.1) is 11.3 Å². The molecule has 2 amide bonds. The van der Waals surface area contributed by atoms with Crippen LogP contribution in [0.3, 0.4) is 0 Å². The first-order valence-corrected chi connectivity index (χ1v) is 11.6. The summed E-state index contributed by atoms with van der Waals surface area (Å²) in [4.78, 5) is 24.2. The van der Waals surface area contributed by atoms with Gasteiger partial charge >= 0.3 is 12.4 Å². The lowest BCUT2D eigenvalue weighted by Crippen LogP contribution is -2.40. The van der Waals surface area contributed by atoms with Gasteiger partial charge in [-0.25, -0.2) is 0 Å². The number of hydrogen-bond donors (Lipinski definition) is 3. The zero-order valence-electron chi connectivity index (χ0n) is 20.1. The van der Waals surface area contributed by atoms with E-state index in [1.165, 1.54) is 0 Å². The second-order valence-corrected chi connectivity index (χ2v) is 10.3. The third-order valence-corrected chi connectivity index (χ3v) is 5.82. The van der Waals surface area contributed by atoms with Gasteiger partial charge in [-0.2, -0.15) is 26.3 Å². The highest BCUT2D eigenvalue weighted by atomic mass is 19.4. The Morgan fingerprint density at radius 1 is 0.829 bits per heavy atom. The van der Waals surface area contributed by atoms with E-state index in [-0.39, 0.29) is 35.9 Å². The molecule has 2 rings (SSSR count). The summed E-state index contributed by atoms with van der Waals surface area (Å²) in [5.74, 6) is -0.883. The summed E-state index contributed by atoms with van der Waals surface area (Å²) < 4.78 is 78.0. The van der Waals surface area contributed by atoms with E-state index in [1.807, 2.05) is 20.8 Å². The molecule has 0 bridgehead atoms. The lowest BCUT2D eigenvalue weighted by atomic mass is 9.86. The van der Waals surface area contributed by atoms with E-state index in [0.717, 1.165) is 25.7 Å². The number of amides is 2. The molecule has 1 aliphatic carbocycles. The van der Waals surface area contributed by atoms with Gasteiger partial charge in [-0.1, -0.05) is 20.8 Å². The first kappa shape index (κ1) is 28.9. The Labute approximate surface area is 201 Å². The Kier molecular flexibility index (Phi) is 9.61. The van der Waals surface area contributed by atoms with Crippen molar-refractivity contribution in [3.63, 3.8) is 0 Å². The molecule has 0 saturated heterocycles. The Bertz CT molecular complexity index is 837. The average molecular weight is 510 g/mol. The molecule has 0 aromatic heterocycles. The minimum Gasteiger partial charge on any atom is -0.355 e. The monoisotopic (exact) mass is 509 g/mol. The predicted octanol–water partition coefficient (Wildman–Crippen LogP) is 5.15. The molecule has 0 atom stereocenters. The van der Waals surface area contributed by atoms with E-state index in [4.69, 9.17) is 0 Å². The van der Waals surface area contributed by atoms with Crippen LogP contribution in [0.15, 0.2) is 18.2 Å². The van der Waals surface area contributed by atoms with Crippen molar-refractivity contribution in [3.05, 3.63) is 34.9 Å². The van der Waals surface area contributed by atoms with Crippen LogP contribution < -0.4 is 16.0 Å². The standard InChI is InChI=1S/C24H33F6N3O2/c1-22(2,3)13-20(34)32-9-8-31-19-6-4-15(5-7-19)14-33-21(35)16-10-17(23(25,26)27)12-18(11-16)24(28,29)30/h10-12,15,19,31H,4-9,13-14H2,1-3H3,(H,32,34)(H,33,35)/t15-,19-. The second kappa shape index (κ2) is 11.6. The van der Waals surface area contributed by atoms with Gasteiger partial charge in [-0.15, -0.1) is 0 Å². The van der Waals surface area contributed by atoms with Gasteiger partial charge in [0.2, 0.25) is 5.91 Å². The Morgan fingerprint density at radius 3 is 1.86 bits per heavy atom. The van der Waals surface area contributed by atoms with Crippen molar-refractivity contribution in [1.29, 1.82) is 0 Å². The van der Waals surface area contributed by atoms with Crippen LogP contribution in [0.2, 0.25) is 0 Å². The van der Waals surface area contributed by atoms with Gasteiger partial charge in [-0.05, 0) is 55.2 Å². The van der Waals surface area contributed by atoms with E-state index in [0.29, 0.717) is 31.6 Å². The van der Waals surface area contributed by atoms with Gasteiger partial charge in [0.1, 0.15) is 0 Å². The zero-order valence-corrected chi connectivity index (χ0v) is 20.1. The lowest BCUT2D eigenvalue weighted by Gasteiger charge is -2.29. The SMILES string of the molecule is CC(C)(C)CC(=O)NCCN[C@H]1CC[C@H](CNC(=O)c2cc(C(F)(F)F)cc(C(F)(F)F)c2)CC1. The van der Waals surface area contributed by atoms with Crippen LogP contribution in [0.1, 0.15) is 74.4 Å². The molecule has 1 saturated carbocycles. The molecular weight excluding hydrogens is 476 g/mol. The topological polar surface area (TPSA) is 70.2 Å². The average Bonchev–Trinajstić information content (AvgIpc) is 2.73. The molecule has 11 heteroatoms. The van der Waals surface area contributed by atoms with Crippen molar-refractivity contribution < 1.29 is 35.9 Å². The molecule has 0 heterocycles. The summed E-state index contributed by atoms with van der Waals surface area (Å²) in [5.41, 5.74) is -3.78. The van der Waals surface area contributed by atoms with Gasteiger partial charge in [0.25, 0.3) is 5.91 Å². The number of alkyl halides is 6. The zero-order chi connectivity index (χ0) is 26.4. The molecule has 5 nitrogen and oxygen atoms in total. The van der Waals surface area contributed by atoms with Crippen molar-refractivity contribution in [2.24, 2.45) is 11.3 Å². The molecular formula is C24H33F6N3O2. The van der Waals surface area contributed by atoms with Gasteiger partial charge in [-0.3, -0.25) is 9.59 Å². The highest BCUT2D eigenvalue weighted by Crippen LogP contribution is 2.36. The Morgan fingerprint density at radius 2 is 1.37 bits per heavy atom. The van der Waals surface area contributed by atoms with Crippen molar-refractivity contribution in [3.8, 4) is 0 Å². The van der Waals surface area contributed by atoms with Crippen LogP contribution in [0.25, 0.3) is 0 Å². The molecule has 3 N–H and O–H groups in total. The van der Waals surface area contributed by atoms with Crippen molar-refractivity contribution >= 4 is 11.8 Å². The fourth-order valence-corrected chi connectivity index (χ4v) is 4.02. The van der Waals surface area contributed by atoms with E-state index < -0.39 is 35.0 Å². The minimum absolute atomic E-state index is 0.00106. The Balaban J connectivity index is 1.78. The number of halogens is 6. The number of rotatable bonds is 8. The largest absolute Gasteiger partial charge is 0.416 e. The first-order valence-electron chi connectivity index (χ1n) is 11.6. The van der Waals surface area contributed by atoms with Crippen molar-refractivity contribution in [1.82, 2.24) is 16.0 Å². The summed E-state index contributed by atoms with van der Waals surface area (Å²) in [5, 5.41) is 8.73.